The molecule has 110 valence electrons. The van der Waals surface area contributed by atoms with E-state index >= 15 is 0 Å². The zero-order valence-corrected chi connectivity index (χ0v) is 12.5. The fourth-order valence-electron chi connectivity index (χ4n) is 1.85. The summed E-state index contributed by atoms with van der Waals surface area (Å²) in [6, 6.07) is 8.00. The lowest BCUT2D eigenvalue weighted by Crippen LogP contribution is -2.24. The standard InChI is InChI=1S/C14H16N4O2S/c1-18-7-5-17-14(18)11-16-6-8-21(19,20)13-4-2-3-12(9-13)10-15/h2-5,7,9,16H,6,8,11H2,1H3. The minimum absolute atomic E-state index is 0.0215. The predicted molar refractivity (Wildman–Crippen MR) is 78.1 cm³/mol. The molecule has 1 aromatic carbocycles. The number of imidazole rings is 1. The van der Waals surface area contributed by atoms with Crippen molar-refractivity contribution in [2.24, 2.45) is 7.05 Å². The van der Waals surface area contributed by atoms with Crippen molar-refractivity contribution in [3.05, 3.63) is 48.0 Å². The third-order valence-electron chi connectivity index (χ3n) is 3.07. The van der Waals surface area contributed by atoms with Crippen LogP contribution in [0.5, 0.6) is 0 Å². The van der Waals surface area contributed by atoms with Crippen LogP contribution in [0.3, 0.4) is 0 Å². The van der Waals surface area contributed by atoms with E-state index in [2.05, 4.69) is 10.3 Å². The summed E-state index contributed by atoms with van der Waals surface area (Å²) in [5.41, 5.74) is 0.344. The number of rotatable bonds is 6. The largest absolute Gasteiger partial charge is 0.337 e. The molecule has 0 unspecified atom stereocenters. The Morgan fingerprint density at radius 1 is 1.43 bits per heavy atom. The van der Waals surface area contributed by atoms with E-state index in [0.717, 1.165) is 5.82 Å². The Morgan fingerprint density at radius 2 is 2.24 bits per heavy atom. The molecular weight excluding hydrogens is 288 g/mol. The molecule has 0 aliphatic heterocycles. The molecule has 2 aromatic rings. The van der Waals surface area contributed by atoms with Crippen LogP contribution in [0.15, 0.2) is 41.6 Å². The summed E-state index contributed by atoms with van der Waals surface area (Å²) in [7, 11) is -1.50. The van der Waals surface area contributed by atoms with E-state index in [4.69, 9.17) is 5.26 Å². The molecule has 6 nitrogen and oxygen atoms in total. The molecule has 0 aliphatic rings. The average molecular weight is 304 g/mol. The lowest BCUT2D eigenvalue weighted by Gasteiger charge is -2.07. The van der Waals surface area contributed by atoms with Gasteiger partial charge in [-0.15, -0.1) is 0 Å². The van der Waals surface area contributed by atoms with Crippen molar-refractivity contribution in [1.29, 1.82) is 5.26 Å². The molecule has 0 bridgehead atoms. The summed E-state index contributed by atoms with van der Waals surface area (Å²) in [6.07, 6.45) is 3.53. The van der Waals surface area contributed by atoms with Crippen LogP contribution in [0, 0.1) is 11.3 Å². The highest BCUT2D eigenvalue weighted by Gasteiger charge is 2.14. The minimum Gasteiger partial charge on any atom is -0.337 e. The van der Waals surface area contributed by atoms with Gasteiger partial charge in [0.05, 0.1) is 28.8 Å². The smallest absolute Gasteiger partial charge is 0.179 e. The first-order valence-electron chi connectivity index (χ1n) is 6.43. The Hall–Kier alpha value is -2.17. The van der Waals surface area contributed by atoms with Crippen molar-refractivity contribution in [2.75, 3.05) is 12.3 Å². The second-order valence-corrected chi connectivity index (χ2v) is 6.70. The van der Waals surface area contributed by atoms with Gasteiger partial charge in [-0.25, -0.2) is 13.4 Å². The second kappa shape index (κ2) is 6.52. The molecule has 0 spiro atoms. The van der Waals surface area contributed by atoms with Crippen LogP contribution in [0.4, 0.5) is 0 Å². The molecule has 0 fully saturated rings. The third-order valence-corrected chi connectivity index (χ3v) is 4.79. The van der Waals surface area contributed by atoms with E-state index in [-0.39, 0.29) is 10.6 Å². The van der Waals surface area contributed by atoms with Crippen LogP contribution in [0.25, 0.3) is 0 Å². The second-order valence-electron chi connectivity index (χ2n) is 4.59. The SMILES string of the molecule is Cn1ccnc1CNCCS(=O)(=O)c1cccc(C#N)c1. The first kappa shape index (κ1) is 15.2. The molecule has 0 amide bonds. The number of hydrogen-bond acceptors (Lipinski definition) is 5. The Bertz CT molecular complexity index is 759. The number of sulfone groups is 1. The topological polar surface area (TPSA) is 87.8 Å². The van der Waals surface area contributed by atoms with Gasteiger partial charge in [0, 0.05) is 26.0 Å². The van der Waals surface area contributed by atoms with Gasteiger partial charge in [0.15, 0.2) is 9.84 Å². The van der Waals surface area contributed by atoms with E-state index in [0.29, 0.717) is 18.7 Å². The van der Waals surface area contributed by atoms with Gasteiger partial charge in [0.25, 0.3) is 0 Å². The number of hydrogen-bond donors (Lipinski definition) is 1. The summed E-state index contributed by atoms with van der Waals surface area (Å²) in [4.78, 5) is 4.33. The maximum Gasteiger partial charge on any atom is 0.179 e. The zero-order chi connectivity index (χ0) is 15.3. The quantitative estimate of drug-likeness (QED) is 0.800. The van der Waals surface area contributed by atoms with Gasteiger partial charge < -0.3 is 9.88 Å². The van der Waals surface area contributed by atoms with Crippen molar-refractivity contribution in [3.8, 4) is 6.07 Å². The Labute approximate surface area is 124 Å². The summed E-state index contributed by atoms with van der Waals surface area (Å²) < 4.78 is 26.2. The molecule has 7 heteroatoms. The number of benzene rings is 1. The predicted octanol–water partition coefficient (Wildman–Crippen LogP) is 0.855. The molecule has 0 aliphatic carbocycles. The molecule has 0 saturated heterocycles. The van der Waals surface area contributed by atoms with Crippen LogP contribution in [0.1, 0.15) is 11.4 Å². The number of nitrogens with one attached hydrogen (secondary N) is 1. The lowest BCUT2D eigenvalue weighted by molar-refractivity contribution is 0.588. The summed E-state index contributed by atoms with van der Waals surface area (Å²) in [5.74, 6) is 0.825. The normalized spacial score (nSPS) is 11.2. The van der Waals surface area contributed by atoms with Crippen molar-refractivity contribution in [2.45, 2.75) is 11.4 Å². The number of nitrogens with zero attached hydrogens (tertiary/aromatic N) is 3. The molecule has 1 heterocycles. The highest BCUT2D eigenvalue weighted by molar-refractivity contribution is 7.91. The van der Waals surface area contributed by atoms with E-state index in [1.165, 1.54) is 12.1 Å². The Morgan fingerprint density at radius 3 is 2.90 bits per heavy atom. The van der Waals surface area contributed by atoms with Gasteiger partial charge in [-0.1, -0.05) is 6.07 Å². The highest BCUT2D eigenvalue weighted by Crippen LogP contribution is 2.12. The van der Waals surface area contributed by atoms with Crippen molar-refractivity contribution >= 4 is 9.84 Å². The lowest BCUT2D eigenvalue weighted by atomic mass is 10.2. The van der Waals surface area contributed by atoms with Gasteiger partial charge in [-0.3, -0.25) is 0 Å². The molecule has 1 aromatic heterocycles. The molecule has 0 atom stereocenters. The summed E-state index contributed by atoms with van der Waals surface area (Å²) >= 11 is 0. The maximum absolute atomic E-state index is 12.2. The number of aromatic nitrogens is 2. The molecular formula is C14H16N4O2S. The van der Waals surface area contributed by atoms with Gasteiger partial charge >= 0.3 is 0 Å². The monoisotopic (exact) mass is 304 g/mol. The van der Waals surface area contributed by atoms with Crippen LogP contribution in [0.2, 0.25) is 0 Å². The number of aryl methyl sites for hydroxylation is 1. The molecule has 21 heavy (non-hydrogen) atoms. The van der Waals surface area contributed by atoms with Crippen LogP contribution < -0.4 is 5.32 Å². The average Bonchev–Trinajstić information content (AvgIpc) is 2.89. The molecule has 0 saturated carbocycles. The van der Waals surface area contributed by atoms with E-state index in [1.54, 1.807) is 18.3 Å². The summed E-state index contributed by atoms with van der Waals surface area (Å²) in [5, 5.41) is 11.9. The Balaban J connectivity index is 1.92. The van der Waals surface area contributed by atoms with Crippen molar-refractivity contribution < 1.29 is 8.42 Å². The highest BCUT2D eigenvalue weighted by atomic mass is 32.2. The molecule has 2 rings (SSSR count). The fourth-order valence-corrected chi connectivity index (χ4v) is 3.09. The minimum atomic E-state index is -3.38. The van der Waals surface area contributed by atoms with Gasteiger partial charge in [0.2, 0.25) is 0 Å². The molecule has 1 N–H and O–H groups in total. The van der Waals surface area contributed by atoms with Crippen LogP contribution in [-0.2, 0) is 23.4 Å². The third kappa shape index (κ3) is 3.90. The fraction of sp³-hybridized carbons (Fsp3) is 0.286. The van der Waals surface area contributed by atoms with E-state index < -0.39 is 9.84 Å². The van der Waals surface area contributed by atoms with Crippen LogP contribution >= 0.6 is 0 Å². The first-order valence-corrected chi connectivity index (χ1v) is 8.08. The maximum atomic E-state index is 12.2. The first-order chi connectivity index (χ1) is 10.0. The van der Waals surface area contributed by atoms with Crippen molar-refractivity contribution in [1.82, 2.24) is 14.9 Å². The Kier molecular flexibility index (Phi) is 4.73. The van der Waals surface area contributed by atoms with Gasteiger partial charge in [-0.05, 0) is 18.2 Å². The zero-order valence-electron chi connectivity index (χ0n) is 11.7. The summed E-state index contributed by atoms with van der Waals surface area (Å²) in [6.45, 7) is 0.837. The van der Waals surface area contributed by atoms with Gasteiger partial charge in [-0.2, -0.15) is 5.26 Å². The number of nitriles is 1. The molecule has 0 radical (unpaired) electrons. The van der Waals surface area contributed by atoms with E-state index in [1.807, 2.05) is 23.9 Å². The van der Waals surface area contributed by atoms with Gasteiger partial charge in [0.1, 0.15) is 5.82 Å². The van der Waals surface area contributed by atoms with Crippen LogP contribution in [-0.4, -0.2) is 30.3 Å². The van der Waals surface area contributed by atoms with E-state index in [9.17, 15) is 8.42 Å². The van der Waals surface area contributed by atoms with Crippen molar-refractivity contribution in [3.63, 3.8) is 0 Å².